The molecule has 0 bridgehead atoms. The SMILES string of the molecule is O=C(c1ccccc1)c1nc(-c2ccccc2)cs1. The van der Waals surface area contributed by atoms with Gasteiger partial charge in [-0.25, -0.2) is 4.98 Å². The molecule has 0 radical (unpaired) electrons. The minimum absolute atomic E-state index is 0.0206. The van der Waals surface area contributed by atoms with E-state index in [0.29, 0.717) is 10.6 Å². The fourth-order valence-electron chi connectivity index (χ4n) is 1.83. The fourth-order valence-corrected chi connectivity index (χ4v) is 2.62. The number of nitrogens with zero attached hydrogens (tertiary/aromatic N) is 1. The monoisotopic (exact) mass is 265 g/mol. The first-order valence-corrected chi connectivity index (χ1v) is 6.83. The molecule has 0 saturated carbocycles. The van der Waals surface area contributed by atoms with Gasteiger partial charge in [0.2, 0.25) is 5.78 Å². The van der Waals surface area contributed by atoms with Crippen LogP contribution >= 0.6 is 11.3 Å². The Hall–Kier alpha value is -2.26. The van der Waals surface area contributed by atoms with Gasteiger partial charge in [0.05, 0.1) is 5.69 Å². The van der Waals surface area contributed by atoms with Gasteiger partial charge in [-0.3, -0.25) is 4.79 Å². The molecule has 0 aliphatic heterocycles. The molecular weight excluding hydrogens is 254 g/mol. The van der Waals surface area contributed by atoms with Gasteiger partial charge >= 0.3 is 0 Å². The minimum Gasteiger partial charge on any atom is -0.286 e. The zero-order valence-corrected chi connectivity index (χ0v) is 10.9. The lowest BCUT2D eigenvalue weighted by Gasteiger charge is -1.96. The highest BCUT2D eigenvalue weighted by Crippen LogP contribution is 2.23. The molecule has 92 valence electrons. The number of rotatable bonds is 3. The molecule has 0 N–H and O–H groups in total. The number of carbonyl (C=O) groups excluding carboxylic acids is 1. The van der Waals surface area contributed by atoms with Crippen LogP contribution in [0.1, 0.15) is 15.4 Å². The van der Waals surface area contributed by atoms with Crippen LogP contribution in [0.2, 0.25) is 0 Å². The van der Waals surface area contributed by atoms with Crippen LogP contribution in [-0.2, 0) is 0 Å². The van der Waals surface area contributed by atoms with E-state index in [1.165, 1.54) is 11.3 Å². The molecule has 0 aliphatic carbocycles. The molecule has 3 aromatic rings. The van der Waals surface area contributed by atoms with Crippen LogP contribution in [-0.4, -0.2) is 10.8 Å². The predicted octanol–water partition coefficient (Wildman–Crippen LogP) is 4.04. The second-order valence-electron chi connectivity index (χ2n) is 4.10. The Balaban J connectivity index is 1.92. The van der Waals surface area contributed by atoms with Crippen LogP contribution < -0.4 is 0 Å². The van der Waals surface area contributed by atoms with E-state index in [0.717, 1.165) is 11.3 Å². The van der Waals surface area contributed by atoms with Gasteiger partial charge in [-0.1, -0.05) is 60.7 Å². The van der Waals surface area contributed by atoms with E-state index < -0.39 is 0 Å². The van der Waals surface area contributed by atoms with Gasteiger partial charge in [-0.15, -0.1) is 11.3 Å². The smallest absolute Gasteiger partial charge is 0.221 e. The van der Waals surface area contributed by atoms with Crippen molar-refractivity contribution >= 4 is 17.1 Å². The van der Waals surface area contributed by atoms with Crippen LogP contribution in [0, 0.1) is 0 Å². The average Bonchev–Trinajstić information content (AvgIpc) is 2.98. The lowest BCUT2D eigenvalue weighted by Crippen LogP contribution is -1.99. The lowest BCUT2D eigenvalue weighted by molar-refractivity contribution is 0.103. The van der Waals surface area contributed by atoms with Crippen LogP contribution in [0.3, 0.4) is 0 Å². The van der Waals surface area contributed by atoms with E-state index in [-0.39, 0.29) is 5.78 Å². The average molecular weight is 265 g/mol. The van der Waals surface area contributed by atoms with Crippen molar-refractivity contribution in [3.63, 3.8) is 0 Å². The summed E-state index contributed by atoms with van der Waals surface area (Å²) < 4.78 is 0. The first-order valence-electron chi connectivity index (χ1n) is 5.95. The van der Waals surface area contributed by atoms with Crippen molar-refractivity contribution < 1.29 is 4.79 Å². The summed E-state index contributed by atoms with van der Waals surface area (Å²) in [7, 11) is 0. The van der Waals surface area contributed by atoms with E-state index in [1.807, 2.05) is 66.0 Å². The van der Waals surface area contributed by atoms with Gasteiger partial charge in [0, 0.05) is 16.5 Å². The van der Waals surface area contributed by atoms with E-state index >= 15 is 0 Å². The normalized spacial score (nSPS) is 10.3. The Kier molecular flexibility index (Phi) is 3.21. The van der Waals surface area contributed by atoms with Gasteiger partial charge in [0.1, 0.15) is 0 Å². The Bertz CT molecular complexity index is 689. The van der Waals surface area contributed by atoms with Gasteiger partial charge in [0.25, 0.3) is 0 Å². The standard InChI is InChI=1S/C16H11NOS/c18-15(13-9-5-2-6-10-13)16-17-14(11-19-16)12-7-3-1-4-8-12/h1-11H. The van der Waals surface area contributed by atoms with Crippen molar-refractivity contribution in [2.24, 2.45) is 0 Å². The fraction of sp³-hybridized carbons (Fsp3) is 0. The number of aromatic nitrogens is 1. The van der Waals surface area contributed by atoms with Gasteiger partial charge < -0.3 is 0 Å². The molecule has 1 heterocycles. The number of hydrogen-bond donors (Lipinski definition) is 0. The summed E-state index contributed by atoms with van der Waals surface area (Å²) in [6, 6.07) is 19.1. The third-order valence-electron chi connectivity index (χ3n) is 2.80. The molecule has 0 fully saturated rings. The first kappa shape index (κ1) is 11.8. The topological polar surface area (TPSA) is 30.0 Å². The summed E-state index contributed by atoms with van der Waals surface area (Å²) in [6.45, 7) is 0. The molecule has 0 aliphatic rings. The van der Waals surface area contributed by atoms with E-state index in [2.05, 4.69) is 4.98 Å². The zero-order chi connectivity index (χ0) is 13.1. The zero-order valence-electron chi connectivity index (χ0n) is 10.1. The summed E-state index contributed by atoms with van der Waals surface area (Å²) in [4.78, 5) is 16.7. The first-order chi connectivity index (χ1) is 9.34. The maximum absolute atomic E-state index is 12.2. The molecule has 0 saturated heterocycles. The maximum atomic E-state index is 12.2. The van der Waals surface area contributed by atoms with Crippen LogP contribution in [0.15, 0.2) is 66.0 Å². The third-order valence-corrected chi connectivity index (χ3v) is 3.65. The quantitative estimate of drug-likeness (QED) is 0.669. The number of carbonyl (C=O) groups is 1. The summed E-state index contributed by atoms with van der Waals surface area (Å²) in [5.41, 5.74) is 2.56. The summed E-state index contributed by atoms with van der Waals surface area (Å²) in [5.74, 6) is -0.0206. The molecule has 0 amide bonds. The second kappa shape index (κ2) is 5.16. The second-order valence-corrected chi connectivity index (χ2v) is 4.96. The van der Waals surface area contributed by atoms with Crippen molar-refractivity contribution in [2.75, 3.05) is 0 Å². The Morgan fingerprint density at radius 2 is 1.53 bits per heavy atom. The lowest BCUT2D eigenvalue weighted by atomic mass is 10.1. The molecular formula is C16H11NOS. The van der Waals surface area contributed by atoms with Crippen molar-refractivity contribution in [3.8, 4) is 11.3 Å². The molecule has 0 unspecified atom stereocenters. The number of hydrogen-bond acceptors (Lipinski definition) is 3. The largest absolute Gasteiger partial charge is 0.286 e. The van der Waals surface area contributed by atoms with Crippen molar-refractivity contribution in [1.29, 1.82) is 0 Å². The van der Waals surface area contributed by atoms with Gasteiger partial charge in [-0.2, -0.15) is 0 Å². The number of benzene rings is 2. The molecule has 19 heavy (non-hydrogen) atoms. The Labute approximate surface area is 115 Å². The summed E-state index contributed by atoms with van der Waals surface area (Å²) in [6.07, 6.45) is 0. The molecule has 2 nitrogen and oxygen atoms in total. The molecule has 0 atom stereocenters. The number of thiazole rings is 1. The highest BCUT2D eigenvalue weighted by atomic mass is 32.1. The third kappa shape index (κ3) is 2.46. The van der Waals surface area contributed by atoms with Gasteiger partial charge in [-0.05, 0) is 0 Å². The van der Waals surface area contributed by atoms with E-state index in [4.69, 9.17) is 0 Å². The van der Waals surface area contributed by atoms with Crippen LogP contribution in [0.4, 0.5) is 0 Å². The Morgan fingerprint density at radius 3 is 2.21 bits per heavy atom. The minimum atomic E-state index is -0.0206. The van der Waals surface area contributed by atoms with Crippen molar-refractivity contribution in [1.82, 2.24) is 4.98 Å². The highest BCUT2D eigenvalue weighted by molar-refractivity contribution is 7.12. The van der Waals surface area contributed by atoms with E-state index in [9.17, 15) is 4.79 Å². The van der Waals surface area contributed by atoms with Crippen LogP contribution in [0.5, 0.6) is 0 Å². The summed E-state index contributed by atoms with van der Waals surface area (Å²) >= 11 is 1.39. The number of ketones is 1. The maximum Gasteiger partial charge on any atom is 0.221 e. The Morgan fingerprint density at radius 1 is 0.895 bits per heavy atom. The molecule has 3 heteroatoms. The molecule has 3 rings (SSSR count). The molecule has 0 spiro atoms. The predicted molar refractivity (Wildman–Crippen MR) is 77.4 cm³/mol. The van der Waals surface area contributed by atoms with Gasteiger partial charge in [0.15, 0.2) is 5.01 Å². The van der Waals surface area contributed by atoms with Crippen LogP contribution in [0.25, 0.3) is 11.3 Å². The van der Waals surface area contributed by atoms with E-state index in [1.54, 1.807) is 0 Å². The summed E-state index contributed by atoms with van der Waals surface area (Å²) in [5, 5.41) is 2.45. The molecule has 1 aromatic heterocycles. The highest BCUT2D eigenvalue weighted by Gasteiger charge is 2.13. The molecule has 2 aromatic carbocycles. The van der Waals surface area contributed by atoms with Crippen molar-refractivity contribution in [2.45, 2.75) is 0 Å². The van der Waals surface area contributed by atoms with Crippen molar-refractivity contribution in [3.05, 3.63) is 76.6 Å².